The van der Waals surface area contributed by atoms with Crippen molar-refractivity contribution in [2.45, 2.75) is 39.0 Å². The summed E-state index contributed by atoms with van der Waals surface area (Å²) in [6.45, 7) is 7.19. The van der Waals surface area contributed by atoms with Gasteiger partial charge in [0.15, 0.2) is 5.11 Å². The van der Waals surface area contributed by atoms with E-state index in [1.807, 2.05) is 0 Å². The van der Waals surface area contributed by atoms with E-state index in [-0.39, 0.29) is 5.97 Å². The molecule has 0 spiro atoms. The second-order valence-corrected chi connectivity index (χ2v) is 8.10. The Labute approximate surface area is 159 Å². The van der Waals surface area contributed by atoms with E-state index in [1.54, 1.807) is 11.3 Å². The number of methoxy groups -OCH3 is 1. The Bertz CT molecular complexity index is 637. The van der Waals surface area contributed by atoms with E-state index in [2.05, 4.69) is 22.0 Å². The van der Waals surface area contributed by atoms with Gasteiger partial charge in [0.05, 0.1) is 12.7 Å². The van der Waals surface area contributed by atoms with Crippen molar-refractivity contribution in [1.82, 2.24) is 9.80 Å². The molecule has 1 N–H and O–H groups in total. The fourth-order valence-electron chi connectivity index (χ4n) is 3.59. The minimum Gasteiger partial charge on any atom is -0.465 e. The Morgan fingerprint density at radius 1 is 1.20 bits per heavy atom. The van der Waals surface area contributed by atoms with Gasteiger partial charge in [-0.3, -0.25) is 0 Å². The summed E-state index contributed by atoms with van der Waals surface area (Å²) in [5.41, 5.74) is 1.88. The van der Waals surface area contributed by atoms with E-state index in [0.29, 0.717) is 5.56 Å². The lowest BCUT2D eigenvalue weighted by Crippen LogP contribution is -2.49. The van der Waals surface area contributed by atoms with Gasteiger partial charge in [0, 0.05) is 31.1 Å². The minimum atomic E-state index is -0.250. The number of carbonyl (C=O) groups is 1. The van der Waals surface area contributed by atoms with Gasteiger partial charge in [0.25, 0.3) is 0 Å². The quantitative estimate of drug-likeness (QED) is 0.493. The van der Waals surface area contributed by atoms with Gasteiger partial charge in [-0.15, -0.1) is 11.3 Å². The highest BCUT2D eigenvalue weighted by molar-refractivity contribution is 7.80. The van der Waals surface area contributed by atoms with Crippen LogP contribution < -0.4 is 5.32 Å². The molecule has 2 aliphatic rings. The number of likely N-dealkylation sites (N-methyl/N-ethyl adjacent to an activating group) is 1. The third-order valence-corrected chi connectivity index (χ3v) is 6.71. The molecule has 3 rings (SSSR count). The molecule has 1 aromatic heterocycles. The topological polar surface area (TPSA) is 44.8 Å². The van der Waals surface area contributed by atoms with Crippen LogP contribution in [0, 0.1) is 0 Å². The zero-order chi connectivity index (χ0) is 17.8. The Morgan fingerprint density at radius 2 is 1.92 bits per heavy atom. The summed E-state index contributed by atoms with van der Waals surface area (Å²) in [5, 5.41) is 4.94. The van der Waals surface area contributed by atoms with Crippen LogP contribution in [0.4, 0.5) is 5.00 Å². The zero-order valence-corrected chi connectivity index (χ0v) is 16.7. The number of esters is 1. The number of nitrogens with zero attached hydrogens (tertiary/aromatic N) is 2. The number of anilines is 1. The number of hydrogen-bond acceptors (Lipinski definition) is 5. The largest absolute Gasteiger partial charge is 0.465 e. The van der Waals surface area contributed by atoms with Crippen molar-refractivity contribution in [1.29, 1.82) is 0 Å². The van der Waals surface area contributed by atoms with Gasteiger partial charge in [-0.1, -0.05) is 13.3 Å². The smallest absolute Gasteiger partial charge is 0.341 e. The molecule has 1 aliphatic heterocycles. The molecule has 25 heavy (non-hydrogen) atoms. The van der Waals surface area contributed by atoms with Crippen molar-refractivity contribution < 1.29 is 9.53 Å². The molecular formula is C18H27N3O2S2. The van der Waals surface area contributed by atoms with E-state index in [9.17, 15) is 4.79 Å². The third kappa shape index (κ3) is 4.15. The monoisotopic (exact) mass is 381 g/mol. The fraction of sp³-hybridized carbons (Fsp3) is 0.667. The fourth-order valence-corrected chi connectivity index (χ4v) is 5.22. The second-order valence-electron chi connectivity index (χ2n) is 6.61. The van der Waals surface area contributed by atoms with E-state index < -0.39 is 0 Å². The molecule has 0 saturated carbocycles. The average Bonchev–Trinajstić information content (AvgIpc) is 2.81. The molecule has 0 atom stereocenters. The number of fused-ring (bicyclic) bond motifs is 1. The van der Waals surface area contributed by atoms with Crippen LogP contribution in [0.25, 0.3) is 0 Å². The first kappa shape index (κ1) is 18.6. The predicted molar refractivity (Wildman–Crippen MR) is 107 cm³/mol. The highest BCUT2D eigenvalue weighted by Gasteiger charge is 2.27. The summed E-state index contributed by atoms with van der Waals surface area (Å²) in [6.07, 6.45) is 5.56. The first-order chi connectivity index (χ1) is 12.1. The maximum atomic E-state index is 12.4. The SMILES string of the molecule is CCN1CCN(C(=S)Nc2sc3c(c2C(=O)OC)CCCCC3)CC1. The number of thiophene rings is 1. The lowest BCUT2D eigenvalue weighted by Gasteiger charge is -2.35. The molecule has 2 heterocycles. The molecule has 7 heteroatoms. The first-order valence-electron chi connectivity index (χ1n) is 9.15. The van der Waals surface area contributed by atoms with Crippen LogP contribution in [0.15, 0.2) is 0 Å². The van der Waals surface area contributed by atoms with Crippen molar-refractivity contribution in [2.75, 3.05) is 45.2 Å². The van der Waals surface area contributed by atoms with Crippen LogP contribution in [0.1, 0.15) is 47.0 Å². The maximum absolute atomic E-state index is 12.4. The Kier molecular flexibility index (Phi) is 6.30. The second kappa shape index (κ2) is 8.47. The van der Waals surface area contributed by atoms with Gasteiger partial charge in [-0.05, 0) is 50.0 Å². The van der Waals surface area contributed by atoms with Gasteiger partial charge < -0.3 is 19.9 Å². The summed E-state index contributed by atoms with van der Waals surface area (Å²) in [7, 11) is 1.45. The van der Waals surface area contributed by atoms with Crippen LogP contribution in [-0.2, 0) is 17.6 Å². The van der Waals surface area contributed by atoms with Gasteiger partial charge in [0.2, 0.25) is 0 Å². The van der Waals surface area contributed by atoms with Gasteiger partial charge in [-0.2, -0.15) is 0 Å². The van der Waals surface area contributed by atoms with E-state index in [1.165, 1.54) is 30.4 Å². The molecule has 1 fully saturated rings. The van der Waals surface area contributed by atoms with Crippen molar-refractivity contribution in [2.24, 2.45) is 0 Å². The molecule has 138 valence electrons. The van der Waals surface area contributed by atoms with Crippen molar-refractivity contribution in [3.63, 3.8) is 0 Å². The molecule has 0 unspecified atom stereocenters. The molecule has 0 aromatic carbocycles. The Balaban J connectivity index is 1.77. The van der Waals surface area contributed by atoms with Gasteiger partial charge in [0.1, 0.15) is 5.00 Å². The minimum absolute atomic E-state index is 0.250. The van der Waals surface area contributed by atoms with E-state index >= 15 is 0 Å². The van der Waals surface area contributed by atoms with Crippen molar-refractivity contribution in [3.05, 3.63) is 16.0 Å². The van der Waals surface area contributed by atoms with E-state index in [4.69, 9.17) is 17.0 Å². The summed E-state index contributed by atoms with van der Waals surface area (Å²) in [6, 6.07) is 0. The number of nitrogens with one attached hydrogen (secondary N) is 1. The maximum Gasteiger partial charge on any atom is 0.341 e. The van der Waals surface area contributed by atoms with Crippen molar-refractivity contribution >= 4 is 39.6 Å². The summed E-state index contributed by atoms with van der Waals surface area (Å²) >= 11 is 7.31. The number of aryl methyl sites for hydroxylation is 1. The number of ether oxygens (including phenoxy) is 1. The highest BCUT2D eigenvalue weighted by atomic mass is 32.1. The molecule has 1 aliphatic carbocycles. The average molecular weight is 382 g/mol. The van der Waals surface area contributed by atoms with Crippen molar-refractivity contribution in [3.8, 4) is 0 Å². The normalized spacial score (nSPS) is 18.4. The molecule has 0 radical (unpaired) electrons. The lowest BCUT2D eigenvalue weighted by atomic mass is 10.1. The van der Waals surface area contributed by atoms with Gasteiger partial charge >= 0.3 is 5.97 Å². The van der Waals surface area contributed by atoms with Crippen LogP contribution in [0.5, 0.6) is 0 Å². The summed E-state index contributed by atoms with van der Waals surface area (Å²) in [5.74, 6) is -0.250. The molecular weight excluding hydrogens is 354 g/mol. The lowest BCUT2D eigenvalue weighted by molar-refractivity contribution is 0.0601. The first-order valence-corrected chi connectivity index (χ1v) is 10.4. The number of rotatable bonds is 3. The van der Waals surface area contributed by atoms with Gasteiger partial charge in [-0.25, -0.2) is 4.79 Å². The number of carbonyl (C=O) groups excluding carboxylic acids is 1. The van der Waals surface area contributed by atoms with Crippen LogP contribution >= 0.6 is 23.6 Å². The highest BCUT2D eigenvalue weighted by Crippen LogP contribution is 2.38. The third-order valence-electron chi connectivity index (χ3n) is 5.14. The summed E-state index contributed by atoms with van der Waals surface area (Å²) < 4.78 is 5.06. The molecule has 1 aromatic rings. The Hall–Kier alpha value is -1.18. The van der Waals surface area contributed by atoms with Crippen LogP contribution in [0.3, 0.4) is 0 Å². The Morgan fingerprint density at radius 3 is 2.60 bits per heavy atom. The van der Waals surface area contributed by atoms with E-state index in [0.717, 1.165) is 62.1 Å². The standard InChI is InChI=1S/C18H27N3O2S2/c1-3-20-9-11-21(12-10-20)18(24)19-16-15(17(22)23-2)13-7-5-4-6-8-14(13)25-16/h3-12H2,1-2H3,(H,19,24). The zero-order valence-electron chi connectivity index (χ0n) is 15.1. The number of thiocarbonyl (C=S) groups is 1. The van der Waals surface area contributed by atoms with Crippen LogP contribution in [-0.4, -0.2) is 60.7 Å². The molecule has 0 bridgehead atoms. The molecule has 0 amide bonds. The molecule has 5 nitrogen and oxygen atoms in total. The predicted octanol–water partition coefficient (Wildman–Crippen LogP) is 3.14. The molecule has 1 saturated heterocycles. The number of hydrogen-bond donors (Lipinski definition) is 1. The summed E-state index contributed by atoms with van der Waals surface area (Å²) in [4.78, 5) is 18.3. The number of piperazine rings is 1. The van der Waals surface area contributed by atoms with Crippen LogP contribution in [0.2, 0.25) is 0 Å².